The van der Waals surface area contributed by atoms with Gasteiger partial charge in [0.25, 0.3) is 0 Å². The van der Waals surface area contributed by atoms with Crippen LogP contribution in [0.1, 0.15) is 24.7 Å². The van der Waals surface area contributed by atoms with Crippen molar-refractivity contribution >= 4 is 15.9 Å². The highest BCUT2D eigenvalue weighted by molar-refractivity contribution is 9.10. The molecule has 96 valence electrons. The number of imidazole rings is 1. The van der Waals surface area contributed by atoms with Gasteiger partial charge in [-0.3, -0.25) is 0 Å². The Morgan fingerprint density at radius 1 is 1.39 bits per heavy atom. The highest BCUT2D eigenvalue weighted by Crippen LogP contribution is 2.23. The summed E-state index contributed by atoms with van der Waals surface area (Å²) in [6.07, 6.45) is 4.95. The second-order valence-electron chi connectivity index (χ2n) is 4.31. The largest absolute Gasteiger partial charge is 0.313 e. The summed E-state index contributed by atoms with van der Waals surface area (Å²) in [5, 5.41) is 3.40. The molecule has 2 aromatic rings. The number of nitrogens with one attached hydrogen (secondary N) is 1. The molecule has 1 aromatic carbocycles. The van der Waals surface area contributed by atoms with Crippen molar-refractivity contribution in [2.75, 3.05) is 6.54 Å². The molecule has 0 spiro atoms. The lowest BCUT2D eigenvalue weighted by Crippen LogP contribution is -2.13. The van der Waals surface area contributed by atoms with Crippen LogP contribution >= 0.6 is 15.9 Å². The summed E-state index contributed by atoms with van der Waals surface area (Å²) in [5.74, 6) is 0.993. The lowest BCUT2D eigenvalue weighted by atomic mass is 10.2. The van der Waals surface area contributed by atoms with E-state index < -0.39 is 0 Å². The fourth-order valence-electron chi connectivity index (χ4n) is 1.90. The summed E-state index contributed by atoms with van der Waals surface area (Å²) < 4.78 is 3.17. The Kier molecular flexibility index (Phi) is 4.55. The second kappa shape index (κ2) is 6.16. The third-order valence-electron chi connectivity index (χ3n) is 2.85. The summed E-state index contributed by atoms with van der Waals surface area (Å²) in [6.45, 7) is 6.15. The van der Waals surface area contributed by atoms with Gasteiger partial charge in [-0.05, 0) is 53.5 Å². The van der Waals surface area contributed by atoms with E-state index >= 15 is 0 Å². The van der Waals surface area contributed by atoms with Crippen LogP contribution < -0.4 is 5.32 Å². The van der Waals surface area contributed by atoms with Gasteiger partial charge in [-0.15, -0.1) is 0 Å². The maximum absolute atomic E-state index is 4.25. The summed E-state index contributed by atoms with van der Waals surface area (Å²) in [5.41, 5.74) is 2.42. The standard InChI is InChI=1S/C14H18BrN3/c1-3-6-16-10-12-4-5-14(13(15)9-12)18-8-7-17-11(18)2/h4-5,7-9,16H,3,6,10H2,1-2H3. The molecule has 18 heavy (non-hydrogen) atoms. The lowest BCUT2D eigenvalue weighted by Gasteiger charge is -2.10. The summed E-state index contributed by atoms with van der Waals surface area (Å²) in [4.78, 5) is 4.25. The Labute approximate surface area is 116 Å². The topological polar surface area (TPSA) is 29.9 Å². The van der Waals surface area contributed by atoms with E-state index in [0.29, 0.717) is 0 Å². The smallest absolute Gasteiger partial charge is 0.110 e. The van der Waals surface area contributed by atoms with E-state index in [2.05, 4.69) is 55.9 Å². The molecule has 0 bridgehead atoms. The van der Waals surface area contributed by atoms with Gasteiger partial charge in [-0.2, -0.15) is 0 Å². The predicted molar refractivity (Wildman–Crippen MR) is 78.0 cm³/mol. The van der Waals surface area contributed by atoms with Gasteiger partial charge in [-0.1, -0.05) is 13.0 Å². The number of aromatic nitrogens is 2. The molecule has 0 aliphatic rings. The minimum atomic E-state index is 0.912. The van der Waals surface area contributed by atoms with Crippen molar-refractivity contribution in [3.05, 3.63) is 46.5 Å². The van der Waals surface area contributed by atoms with Crippen molar-refractivity contribution in [3.8, 4) is 5.69 Å². The van der Waals surface area contributed by atoms with Crippen LogP contribution in [0, 0.1) is 6.92 Å². The van der Waals surface area contributed by atoms with E-state index in [4.69, 9.17) is 0 Å². The molecule has 3 nitrogen and oxygen atoms in total. The van der Waals surface area contributed by atoms with E-state index in [1.54, 1.807) is 0 Å². The minimum absolute atomic E-state index is 0.912. The first-order valence-electron chi connectivity index (χ1n) is 6.22. The van der Waals surface area contributed by atoms with Crippen LogP contribution in [0.2, 0.25) is 0 Å². The molecule has 1 N–H and O–H groups in total. The molecular formula is C14H18BrN3. The zero-order valence-corrected chi connectivity index (χ0v) is 12.4. The van der Waals surface area contributed by atoms with Gasteiger partial charge in [0, 0.05) is 23.4 Å². The molecule has 0 saturated heterocycles. The summed E-state index contributed by atoms with van der Waals surface area (Å²) in [7, 11) is 0. The first-order chi connectivity index (χ1) is 8.72. The average molecular weight is 308 g/mol. The zero-order chi connectivity index (χ0) is 13.0. The van der Waals surface area contributed by atoms with Crippen LogP contribution in [0.3, 0.4) is 0 Å². The van der Waals surface area contributed by atoms with Crippen LogP contribution in [0.4, 0.5) is 0 Å². The maximum atomic E-state index is 4.25. The van der Waals surface area contributed by atoms with E-state index in [1.807, 2.05) is 19.3 Å². The Morgan fingerprint density at radius 3 is 2.83 bits per heavy atom. The van der Waals surface area contributed by atoms with Crippen molar-refractivity contribution in [1.29, 1.82) is 0 Å². The molecule has 0 saturated carbocycles. The van der Waals surface area contributed by atoms with Gasteiger partial charge in [0.15, 0.2) is 0 Å². The van der Waals surface area contributed by atoms with E-state index in [0.717, 1.165) is 35.5 Å². The molecule has 0 amide bonds. The van der Waals surface area contributed by atoms with Crippen LogP contribution in [0.5, 0.6) is 0 Å². The first kappa shape index (κ1) is 13.3. The third-order valence-corrected chi connectivity index (χ3v) is 3.49. The van der Waals surface area contributed by atoms with Gasteiger partial charge < -0.3 is 9.88 Å². The number of hydrogen-bond acceptors (Lipinski definition) is 2. The lowest BCUT2D eigenvalue weighted by molar-refractivity contribution is 0.675. The second-order valence-corrected chi connectivity index (χ2v) is 5.16. The molecule has 1 aromatic heterocycles. The summed E-state index contributed by atoms with van der Waals surface area (Å²) >= 11 is 3.64. The van der Waals surface area contributed by atoms with Crippen molar-refractivity contribution in [2.45, 2.75) is 26.8 Å². The molecular weight excluding hydrogens is 290 g/mol. The summed E-state index contributed by atoms with van der Waals surface area (Å²) in [6, 6.07) is 6.45. The normalized spacial score (nSPS) is 10.8. The van der Waals surface area contributed by atoms with E-state index in [-0.39, 0.29) is 0 Å². The Balaban J connectivity index is 2.18. The zero-order valence-electron chi connectivity index (χ0n) is 10.8. The molecule has 1 heterocycles. The fourth-order valence-corrected chi connectivity index (χ4v) is 2.52. The Hall–Kier alpha value is -1.13. The molecule has 0 fully saturated rings. The molecule has 2 rings (SSSR count). The Bertz CT molecular complexity index is 520. The fraction of sp³-hybridized carbons (Fsp3) is 0.357. The monoisotopic (exact) mass is 307 g/mol. The molecule has 0 unspecified atom stereocenters. The number of nitrogens with zero attached hydrogens (tertiary/aromatic N) is 2. The van der Waals surface area contributed by atoms with Crippen molar-refractivity contribution in [2.24, 2.45) is 0 Å². The number of rotatable bonds is 5. The van der Waals surface area contributed by atoms with Gasteiger partial charge in [0.05, 0.1) is 5.69 Å². The van der Waals surface area contributed by atoms with Gasteiger partial charge in [0.1, 0.15) is 5.82 Å². The molecule has 0 radical (unpaired) electrons. The quantitative estimate of drug-likeness (QED) is 0.858. The predicted octanol–water partition coefficient (Wildman–Crippen LogP) is 3.44. The number of halogens is 1. The molecule has 0 aliphatic heterocycles. The van der Waals surface area contributed by atoms with Crippen molar-refractivity contribution in [1.82, 2.24) is 14.9 Å². The van der Waals surface area contributed by atoms with Crippen LogP contribution in [-0.2, 0) is 6.54 Å². The molecule has 4 heteroatoms. The van der Waals surface area contributed by atoms with Crippen LogP contribution in [0.25, 0.3) is 5.69 Å². The van der Waals surface area contributed by atoms with E-state index in [1.165, 1.54) is 5.56 Å². The highest BCUT2D eigenvalue weighted by atomic mass is 79.9. The third kappa shape index (κ3) is 3.00. The number of benzene rings is 1. The highest BCUT2D eigenvalue weighted by Gasteiger charge is 2.05. The molecule has 0 atom stereocenters. The Morgan fingerprint density at radius 2 is 2.22 bits per heavy atom. The average Bonchev–Trinajstić information content (AvgIpc) is 2.76. The number of aryl methyl sites for hydroxylation is 1. The first-order valence-corrected chi connectivity index (χ1v) is 7.01. The van der Waals surface area contributed by atoms with Crippen molar-refractivity contribution < 1.29 is 0 Å². The van der Waals surface area contributed by atoms with E-state index in [9.17, 15) is 0 Å². The van der Waals surface area contributed by atoms with Gasteiger partial charge in [0.2, 0.25) is 0 Å². The van der Waals surface area contributed by atoms with Crippen LogP contribution in [-0.4, -0.2) is 16.1 Å². The maximum Gasteiger partial charge on any atom is 0.110 e. The minimum Gasteiger partial charge on any atom is -0.313 e. The number of hydrogen-bond donors (Lipinski definition) is 1. The van der Waals surface area contributed by atoms with Gasteiger partial charge >= 0.3 is 0 Å². The van der Waals surface area contributed by atoms with Crippen molar-refractivity contribution in [3.63, 3.8) is 0 Å². The van der Waals surface area contributed by atoms with Crippen LogP contribution in [0.15, 0.2) is 35.1 Å². The molecule has 0 aliphatic carbocycles. The van der Waals surface area contributed by atoms with Gasteiger partial charge in [-0.25, -0.2) is 4.98 Å². The SMILES string of the molecule is CCCNCc1ccc(-n2ccnc2C)c(Br)c1.